The Balaban J connectivity index is 2.50. The van der Waals surface area contributed by atoms with Crippen LogP contribution in [-0.2, 0) is 6.42 Å². The summed E-state index contributed by atoms with van der Waals surface area (Å²) in [5.74, 6) is 0.578. The molecule has 15 heavy (non-hydrogen) atoms. The van der Waals surface area contributed by atoms with Gasteiger partial charge in [0.1, 0.15) is 5.65 Å². The van der Waals surface area contributed by atoms with Crippen LogP contribution in [0.4, 0.5) is 0 Å². The van der Waals surface area contributed by atoms with E-state index in [0.717, 1.165) is 24.0 Å². The Morgan fingerprint density at radius 3 is 2.93 bits per heavy atom. The summed E-state index contributed by atoms with van der Waals surface area (Å²) in [5.41, 5.74) is 2.53. The Bertz CT molecular complexity index is 485. The zero-order valence-electron chi connectivity index (χ0n) is 8.97. The van der Waals surface area contributed by atoms with Gasteiger partial charge in [-0.15, -0.1) is 0 Å². The van der Waals surface area contributed by atoms with Crippen molar-refractivity contribution in [3.63, 3.8) is 0 Å². The minimum atomic E-state index is 0.578. The zero-order valence-corrected chi connectivity index (χ0v) is 8.97. The number of pyridine rings is 1. The summed E-state index contributed by atoms with van der Waals surface area (Å²) in [4.78, 5) is 15.3. The monoisotopic (exact) mass is 202 g/mol. The smallest absolute Gasteiger partial charge is 0.166 e. The zero-order chi connectivity index (χ0) is 10.8. The van der Waals surface area contributed by atoms with Crippen molar-refractivity contribution >= 4 is 11.9 Å². The maximum Gasteiger partial charge on any atom is 0.166 e. The van der Waals surface area contributed by atoms with Crippen LogP contribution in [0.25, 0.3) is 5.65 Å². The predicted octanol–water partition coefficient (Wildman–Crippen LogP) is 2.35. The number of carbonyl (C=O) groups is 1. The predicted molar refractivity (Wildman–Crippen MR) is 59.1 cm³/mol. The minimum absolute atomic E-state index is 0.578. The molecule has 2 aromatic heterocycles. The third-order valence-electron chi connectivity index (χ3n) is 2.31. The molecule has 0 saturated heterocycles. The third kappa shape index (κ3) is 1.91. The van der Waals surface area contributed by atoms with E-state index in [2.05, 4.69) is 18.8 Å². The topological polar surface area (TPSA) is 34.4 Å². The van der Waals surface area contributed by atoms with Crippen LogP contribution in [0, 0.1) is 5.92 Å². The highest BCUT2D eigenvalue weighted by Gasteiger charge is 2.05. The highest BCUT2D eigenvalue weighted by Crippen LogP contribution is 2.11. The molecule has 0 N–H and O–H groups in total. The first-order valence-electron chi connectivity index (χ1n) is 5.13. The standard InChI is InChI=1S/C12H14N2O/c1-9(2)6-10-7-14-11(8-15)4-3-5-12(14)13-10/h3-5,7-9H,6H2,1-2H3. The average Bonchev–Trinajstić information content (AvgIpc) is 2.58. The van der Waals surface area contributed by atoms with E-state index in [9.17, 15) is 4.79 Å². The largest absolute Gasteiger partial charge is 0.297 e. The number of carbonyl (C=O) groups excluding carboxylic acids is 1. The van der Waals surface area contributed by atoms with Crippen LogP contribution in [0.15, 0.2) is 24.4 Å². The van der Waals surface area contributed by atoms with Crippen LogP contribution >= 0.6 is 0 Å². The lowest BCUT2D eigenvalue weighted by atomic mass is 10.1. The SMILES string of the molecule is CC(C)Cc1cn2c(C=O)cccc2n1. The van der Waals surface area contributed by atoms with E-state index in [1.54, 1.807) is 6.07 Å². The van der Waals surface area contributed by atoms with Crippen molar-refractivity contribution in [2.24, 2.45) is 5.92 Å². The van der Waals surface area contributed by atoms with Crippen LogP contribution in [-0.4, -0.2) is 15.7 Å². The first-order valence-corrected chi connectivity index (χ1v) is 5.13. The molecule has 3 nitrogen and oxygen atoms in total. The van der Waals surface area contributed by atoms with Gasteiger partial charge in [-0.05, 0) is 24.5 Å². The fraction of sp³-hybridized carbons (Fsp3) is 0.333. The summed E-state index contributed by atoms with van der Waals surface area (Å²) < 4.78 is 1.84. The molecule has 2 rings (SSSR count). The Morgan fingerprint density at radius 1 is 1.47 bits per heavy atom. The number of rotatable bonds is 3. The van der Waals surface area contributed by atoms with Gasteiger partial charge in [-0.2, -0.15) is 0 Å². The van der Waals surface area contributed by atoms with Gasteiger partial charge in [0, 0.05) is 6.20 Å². The number of aromatic nitrogens is 2. The molecule has 3 heteroatoms. The fourth-order valence-electron chi connectivity index (χ4n) is 1.70. The summed E-state index contributed by atoms with van der Waals surface area (Å²) in [5, 5.41) is 0. The van der Waals surface area contributed by atoms with E-state index >= 15 is 0 Å². The van der Waals surface area contributed by atoms with Crippen molar-refractivity contribution in [2.75, 3.05) is 0 Å². The molecule has 0 radical (unpaired) electrons. The number of fused-ring (bicyclic) bond motifs is 1. The molecular weight excluding hydrogens is 188 g/mol. The van der Waals surface area contributed by atoms with Gasteiger partial charge in [0.05, 0.1) is 11.4 Å². The van der Waals surface area contributed by atoms with E-state index in [-0.39, 0.29) is 0 Å². The van der Waals surface area contributed by atoms with Gasteiger partial charge in [-0.3, -0.25) is 9.20 Å². The highest BCUT2D eigenvalue weighted by molar-refractivity contribution is 5.73. The second-order valence-corrected chi connectivity index (χ2v) is 4.13. The molecule has 0 aliphatic heterocycles. The van der Waals surface area contributed by atoms with Crippen molar-refractivity contribution in [3.8, 4) is 0 Å². The summed E-state index contributed by atoms with van der Waals surface area (Å²) in [7, 11) is 0. The maximum absolute atomic E-state index is 10.8. The second-order valence-electron chi connectivity index (χ2n) is 4.13. The molecule has 0 saturated carbocycles. The third-order valence-corrected chi connectivity index (χ3v) is 2.31. The Morgan fingerprint density at radius 2 is 2.27 bits per heavy atom. The second kappa shape index (κ2) is 3.85. The van der Waals surface area contributed by atoms with Crippen LogP contribution in [0.2, 0.25) is 0 Å². The molecule has 0 amide bonds. The van der Waals surface area contributed by atoms with Crippen molar-refractivity contribution in [2.45, 2.75) is 20.3 Å². The van der Waals surface area contributed by atoms with Crippen LogP contribution < -0.4 is 0 Å². The number of hydrogen-bond acceptors (Lipinski definition) is 2. The molecular formula is C12H14N2O. The lowest BCUT2D eigenvalue weighted by Gasteiger charge is -1.98. The number of hydrogen-bond donors (Lipinski definition) is 0. The van der Waals surface area contributed by atoms with Crippen molar-refractivity contribution < 1.29 is 4.79 Å². The van der Waals surface area contributed by atoms with E-state index in [0.29, 0.717) is 11.6 Å². The van der Waals surface area contributed by atoms with Gasteiger partial charge in [0.15, 0.2) is 6.29 Å². The van der Waals surface area contributed by atoms with E-state index in [1.165, 1.54) is 0 Å². The highest BCUT2D eigenvalue weighted by atomic mass is 16.1. The molecule has 0 fully saturated rings. The minimum Gasteiger partial charge on any atom is -0.297 e. The molecule has 0 bridgehead atoms. The summed E-state index contributed by atoms with van der Waals surface area (Å²) in [6.07, 6.45) is 3.74. The first kappa shape index (κ1) is 9.90. The Labute approximate surface area is 88.8 Å². The van der Waals surface area contributed by atoms with Crippen molar-refractivity contribution in [1.82, 2.24) is 9.38 Å². The van der Waals surface area contributed by atoms with E-state index in [4.69, 9.17) is 0 Å². The lowest BCUT2D eigenvalue weighted by molar-refractivity contribution is 0.111. The molecule has 0 atom stereocenters. The van der Waals surface area contributed by atoms with Crippen molar-refractivity contribution in [1.29, 1.82) is 0 Å². The van der Waals surface area contributed by atoms with Gasteiger partial charge >= 0.3 is 0 Å². The summed E-state index contributed by atoms with van der Waals surface area (Å²) in [6.45, 7) is 4.31. The van der Waals surface area contributed by atoms with Crippen LogP contribution in [0.1, 0.15) is 30.0 Å². The Hall–Kier alpha value is -1.64. The Kier molecular flexibility index (Phi) is 2.54. The number of aldehydes is 1. The maximum atomic E-state index is 10.8. The fourth-order valence-corrected chi connectivity index (χ4v) is 1.70. The van der Waals surface area contributed by atoms with Gasteiger partial charge in [0.25, 0.3) is 0 Å². The first-order chi connectivity index (χ1) is 7.20. The van der Waals surface area contributed by atoms with Crippen LogP contribution in [0.5, 0.6) is 0 Å². The van der Waals surface area contributed by atoms with E-state index < -0.39 is 0 Å². The summed E-state index contributed by atoms with van der Waals surface area (Å²) in [6, 6.07) is 5.56. The average molecular weight is 202 g/mol. The number of imidazole rings is 1. The molecule has 0 unspecified atom stereocenters. The molecule has 0 aliphatic carbocycles. The van der Waals surface area contributed by atoms with Gasteiger partial charge in [-0.25, -0.2) is 4.98 Å². The van der Waals surface area contributed by atoms with Crippen molar-refractivity contribution in [3.05, 3.63) is 35.8 Å². The summed E-state index contributed by atoms with van der Waals surface area (Å²) >= 11 is 0. The van der Waals surface area contributed by atoms with Gasteiger partial charge in [0.2, 0.25) is 0 Å². The van der Waals surface area contributed by atoms with Crippen LogP contribution in [0.3, 0.4) is 0 Å². The molecule has 2 heterocycles. The molecule has 0 aromatic carbocycles. The van der Waals surface area contributed by atoms with Gasteiger partial charge < -0.3 is 0 Å². The number of nitrogens with zero attached hydrogens (tertiary/aromatic N) is 2. The molecule has 0 aliphatic rings. The molecule has 0 spiro atoms. The quantitative estimate of drug-likeness (QED) is 0.716. The lowest BCUT2D eigenvalue weighted by Crippen LogP contribution is -1.93. The van der Waals surface area contributed by atoms with E-state index in [1.807, 2.05) is 22.7 Å². The normalized spacial score (nSPS) is 11.1. The molecule has 78 valence electrons. The molecule has 2 aromatic rings. The van der Waals surface area contributed by atoms with Gasteiger partial charge in [-0.1, -0.05) is 19.9 Å².